The van der Waals surface area contributed by atoms with Gasteiger partial charge in [0.05, 0.1) is 11.1 Å². The summed E-state index contributed by atoms with van der Waals surface area (Å²) in [6.07, 6.45) is -1.01. The van der Waals surface area contributed by atoms with Gasteiger partial charge in [0, 0.05) is 59.0 Å². The van der Waals surface area contributed by atoms with E-state index in [4.69, 9.17) is 4.42 Å². The molecule has 1 saturated heterocycles. The number of benzene rings is 1. The molecule has 0 amide bonds. The molecular formula is C19H16F3N3O2S. The molecule has 3 aromatic rings. The van der Waals surface area contributed by atoms with Gasteiger partial charge in [0.2, 0.25) is 5.89 Å². The summed E-state index contributed by atoms with van der Waals surface area (Å²) in [6, 6.07) is 8.62. The van der Waals surface area contributed by atoms with E-state index in [9.17, 15) is 17.4 Å². The number of anilines is 1. The average Bonchev–Trinajstić information content (AvgIpc) is 3.18. The third kappa shape index (κ3) is 3.94. The largest absolute Gasteiger partial charge is 0.444 e. The SMILES string of the molecule is O=S1CCN(c2ccc(-c3coc(-c4cncc(C(F)(F)F)c4)n3)cc2)CC1. The Morgan fingerprint density at radius 2 is 1.75 bits per heavy atom. The molecule has 146 valence electrons. The van der Waals surface area contributed by atoms with Crippen molar-refractivity contribution in [2.75, 3.05) is 29.5 Å². The van der Waals surface area contributed by atoms with Crippen LogP contribution in [0.2, 0.25) is 0 Å². The maximum absolute atomic E-state index is 12.9. The van der Waals surface area contributed by atoms with Gasteiger partial charge in [-0.1, -0.05) is 12.1 Å². The number of halogens is 3. The zero-order valence-corrected chi connectivity index (χ0v) is 15.5. The first-order chi connectivity index (χ1) is 13.4. The van der Waals surface area contributed by atoms with E-state index in [-0.39, 0.29) is 11.5 Å². The number of aromatic nitrogens is 2. The van der Waals surface area contributed by atoms with Crippen molar-refractivity contribution in [3.63, 3.8) is 0 Å². The number of hydrogen-bond acceptors (Lipinski definition) is 5. The van der Waals surface area contributed by atoms with Crippen molar-refractivity contribution in [1.82, 2.24) is 9.97 Å². The molecule has 0 bridgehead atoms. The Balaban J connectivity index is 1.54. The molecule has 0 spiro atoms. The standard InChI is InChI=1S/C19H16F3N3O2S/c20-19(21,22)15-9-14(10-23-11-15)18-24-17(12-27-18)13-1-3-16(4-2-13)25-5-7-28(26)8-6-25/h1-4,9-12H,5-8H2. The van der Waals surface area contributed by atoms with Crippen LogP contribution in [-0.2, 0) is 17.0 Å². The predicted molar refractivity (Wildman–Crippen MR) is 100 cm³/mol. The van der Waals surface area contributed by atoms with Crippen LogP contribution in [0.1, 0.15) is 5.56 Å². The summed E-state index contributed by atoms with van der Waals surface area (Å²) in [5, 5.41) is 0. The fourth-order valence-electron chi connectivity index (χ4n) is 2.99. The molecule has 0 radical (unpaired) electrons. The topological polar surface area (TPSA) is 59.2 Å². The van der Waals surface area contributed by atoms with Crippen molar-refractivity contribution >= 4 is 16.5 Å². The molecular weight excluding hydrogens is 391 g/mol. The smallest absolute Gasteiger partial charge is 0.417 e. The van der Waals surface area contributed by atoms with Crippen LogP contribution in [0.25, 0.3) is 22.7 Å². The highest BCUT2D eigenvalue weighted by Gasteiger charge is 2.31. The highest BCUT2D eigenvalue weighted by molar-refractivity contribution is 7.85. The zero-order chi connectivity index (χ0) is 19.7. The van der Waals surface area contributed by atoms with Gasteiger partial charge < -0.3 is 9.32 Å². The quantitative estimate of drug-likeness (QED) is 0.657. The molecule has 2 aromatic heterocycles. The summed E-state index contributed by atoms with van der Waals surface area (Å²) in [4.78, 5) is 10.1. The van der Waals surface area contributed by atoms with E-state index in [0.717, 1.165) is 36.6 Å². The lowest BCUT2D eigenvalue weighted by Crippen LogP contribution is -2.37. The number of hydrogen-bond donors (Lipinski definition) is 0. The van der Waals surface area contributed by atoms with E-state index in [2.05, 4.69) is 14.9 Å². The Labute approximate surface area is 161 Å². The molecule has 28 heavy (non-hydrogen) atoms. The van der Waals surface area contributed by atoms with Gasteiger partial charge in [0.1, 0.15) is 12.0 Å². The number of oxazole rings is 1. The monoisotopic (exact) mass is 407 g/mol. The van der Waals surface area contributed by atoms with E-state index < -0.39 is 22.5 Å². The molecule has 0 N–H and O–H groups in total. The Hall–Kier alpha value is -2.68. The average molecular weight is 407 g/mol. The Morgan fingerprint density at radius 1 is 1.04 bits per heavy atom. The highest BCUT2D eigenvalue weighted by atomic mass is 32.2. The molecule has 4 rings (SSSR count). The number of rotatable bonds is 3. The first-order valence-corrected chi connectivity index (χ1v) is 10.1. The van der Waals surface area contributed by atoms with E-state index in [0.29, 0.717) is 17.2 Å². The van der Waals surface area contributed by atoms with Crippen molar-refractivity contribution < 1.29 is 21.8 Å². The van der Waals surface area contributed by atoms with Gasteiger partial charge in [0.25, 0.3) is 0 Å². The van der Waals surface area contributed by atoms with Gasteiger partial charge in [-0.3, -0.25) is 9.19 Å². The second-order valence-electron chi connectivity index (χ2n) is 6.38. The molecule has 0 atom stereocenters. The van der Waals surface area contributed by atoms with Gasteiger partial charge in [-0.15, -0.1) is 0 Å². The minimum absolute atomic E-state index is 0.0798. The number of nitrogens with zero attached hydrogens (tertiary/aromatic N) is 3. The Bertz CT molecular complexity index is 992. The fraction of sp³-hybridized carbons (Fsp3) is 0.263. The molecule has 0 saturated carbocycles. The minimum atomic E-state index is -4.48. The lowest BCUT2D eigenvalue weighted by Gasteiger charge is -2.28. The zero-order valence-electron chi connectivity index (χ0n) is 14.6. The number of alkyl halides is 3. The van der Waals surface area contributed by atoms with Crippen LogP contribution in [0, 0.1) is 0 Å². The van der Waals surface area contributed by atoms with Crippen molar-refractivity contribution in [3.05, 3.63) is 54.6 Å². The van der Waals surface area contributed by atoms with Crippen LogP contribution in [0.3, 0.4) is 0 Å². The van der Waals surface area contributed by atoms with Crippen LogP contribution < -0.4 is 4.90 Å². The van der Waals surface area contributed by atoms with E-state index in [1.54, 1.807) is 0 Å². The maximum Gasteiger partial charge on any atom is 0.417 e. The first-order valence-electron chi connectivity index (χ1n) is 8.59. The Kier molecular flexibility index (Phi) is 4.92. The highest BCUT2D eigenvalue weighted by Crippen LogP contribution is 2.32. The van der Waals surface area contributed by atoms with E-state index in [1.807, 2.05) is 24.3 Å². The van der Waals surface area contributed by atoms with Crippen molar-refractivity contribution in [1.29, 1.82) is 0 Å². The van der Waals surface area contributed by atoms with Crippen LogP contribution in [-0.4, -0.2) is 38.8 Å². The van der Waals surface area contributed by atoms with Crippen LogP contribution in [0.4, 0.5) is 18.9 Å². The van der Waals surface area contributed by atoms with Gasteiger partial charge in [-0.05, 0) is 18.2 Å². The summed E-state index contributed by atoms with van der Waals surface area (Å²) in [5.41, 5.74) is 1.67. The van der Waals surface area contributed by atoms with Gasteiger partial charge >= 0.3 is 6.18 Å². The van der Waals surface area contributed by atoms with Gasteiger partial charge in [0.15, 0.2) is 0 Å². The molecule has 1 fully saturated rings. The maximum atomic E-state index is 12.9. The Morgan fingerprint density at radius 3 is 2.43 bits per heavy atom. The second-order valence-corrected chi connectivity index (χ2v) is 8.08. The molecule has 3 heterocycles. The van der Waals surface area contributed by atoms with Crippen LogP contribution >= 0.6 is 0 Å². The predicted octanol–water partition coefficient (Wildman–Crippen LogP) is 3.99. The lowest BCUT2D eigenvalue weighted by atomic mass is 10.1. The molecule has 9 heteroatoms. The van der Waals surface area contributed by atoms with Crippen molar-refractivity contribution in [3.8, 4) is 22.7 Å². The second kappa shape index (κ2) is 7.38. The van der Waals surface area contributed by atoms with Crippen LogP contribution in [0.5, 0.6) is 0 Å². The molecule has 1 aromatic carbocycles. The third-order valence-corrected chi connectivity index (χ3v) is 5.80. The summed E-state index contributed by atoms with van der Waals surface area (Å²) in [5.74, 6) is 1.41. The van der Waals surface area contributed by atoms with Crippen molar-refractivity contribution in [2.24, 2.45) is 0 Å². The first kappa shape index (κ1) is 18.7. The minimum Gasteiger partial charge on any atom is -0.444 e. The van der Waals surface area contributed by atoms with Gasteiger partial charge in [-0.2, -0.15) is 13.2 Å². The molecule has 1 aliphatic rings. The van der Waals surface area contributed by atoms with E-state index in [1.165, 1.54) is 12.5 Å². The van der Waals surface area contributed by atoms with Gasteiger partial charge in [-0.25, -0.2) is 4.98 Å². The van der Waals surface area contributed by atoms with Crippen LogP contribution in [0.15, 0.2) is 53.4 Å². The third-order valence-electron chi connectivity index (χ3n) is 4.52. The normalized spacial score (nSPS) is 15.8. The molecule has 0 aliphatic carbocycles. The number of pyridine rings is 1. The van der Waals surface area contributed by atoms with Crippen molar-refractivity contribution in [2.45, 2.75) is 6.18 Å². The summed E-state index contributed by atoms with van der Waals surface area (Å²) < 4.78 is 55.4. The summed E-state index contributed by atoms with van der Waals surface area (Å²) in [6.45, 7) is 1.51. The molecule has 5 nitrogen and oxygen atoms in total. The summed E-state index contributed by atoms with van der Waals surface area (Å²) >= 11 is 0. The van der Waals surface area contributed by atoms with E-state index >= 15 is 0 Å². The fourth-order valence-corrected chi connectivity index (χ4v) is 4.04. The molecule has 1 aliphatic heterocycles. The molecule has 0 unspecified atom stereocenters. The lowest BCUT2D eigenvalue weighted by molar-refractivity contribution is -0.137. The summed E-state index contributed by atoms with van der Waals surface area (Å²) in [7, 11) is -0.731.